The summed E-state index contributed by atoms with van der Waals surface area (Å²) in [5, 5.41) is 2.97. The summed E-state index contributed by atoms with van der Waals surface area (Å²) in [7, 11) is 0. The summed E-state index contributed by atoms with van der Waals surface area (Å²) in [6.07, 6.45) is 1.48. The van der Waals surface area contributed by atoms with E-state index >= 15 is 0 Å². The molecule has 33 heavy (non-hydrogen) atoms. The SMILES string of the molecule is O=C1C(=Cc2cc3oc(-c4cc5ccccc5s4)nc3o2)C(=O)c2cc3ccccc3cc21. The Labute approximate surface area is 190 Å². The highest BCUT2D eigenvalue weighted by Crippen LogP contribution is 2.36. The highest BCUT2D eigenvalue weighted by molar-refractivity contribution is 7.22. The molecule has 0 bridgehead atoms. The summed E-state index contributed by atoms with van der Waals surface area (Å²) in [5.74, 6) is 0.241. The van der Waals surface area contributed by atoms with Gasteiger partial charge in [0.2, 0.25) is 5.89 Å². The van der Waals surface area contributed by atoms with Gasteiger partial charge < -0.3 is 8.83 Å². The Morgan fingerprint density at radius 2 is 1.42 bits per heavy atom. The quantitative estimate of drug-likeness (QED) is 0.213. The van der Waals surface area contributed by atoms with Crippen LogP contribution in [0.5, 0.6) is 0 Å². The van der Waals surface area contributed by atoms with Crippen LogP contribution in [0.15, 0.2) is 87.2 Å². The molecule has 3 heterocycles. The van der Waals surface area contributed by atoms with Crippen molar-refractivity contribution in [1.29, 1.82) is 0 Å². The monoisotopic (exact) mass is 447 g/mol. The smallest absolute Gasteiger partial charge is 0.266 e. The van der Waals surface area contributed by atoms with Crippen molar-refractivity contribution in [1.82, 2.24) is 4.98 Å². The first-order valence-electron chi connectivity index (χ1n) is 10.4. The van der Waals surface area contributed by atoms with E-state index in [1.54, 1.807) is 29.5 Å². The molecule has 0 saturated carbocycles. The van der Waals surface area contributed by atoms with Gasteiger partial charge in [-0.05, 0) is 46.5 Å². The Bertz CT molecular complexity index is 1690. The molecule has 0 saturated heterocycles. The Balaban J connectivity index is 1.26. The van der Waals surface area contributed by atoms with Crippen LogP contribution >= 0.6 is 11.3 Å². The lowest BCUT2D eigenvalue weighted by atomic mass is 10.0. The number of fused-ring (bicyclic) bond motifs is 4. The van der Waals surface area contributed by atoms with Gasteiger partial charge in [-0.1, -0.05) is 42.5 Å². The van der Waals surface area contributed by atoms with Crippen LogP contribution in [0, 0.1) is 0 Å². The zero-order valence-electron chi connectivity index (χ0n) is 17.0. The topological polar surface area (TPSA) is 73.3 Å². The molecule has 0 fully saturated rings. The molecule has 0 atom stereocenters. The van der Waals surface area contributed by atoms with Crippen molar-refractivity contribution in [3.8, 4) is 10.8 Å². The van der Waals surface area contributed by atoms with Crippen LogP contribution < -0.4 is 0 Å². The third-order valence-electron chi connectivity index (χ3n) is 5.90. The predicted octanol–water partition coefficient (Wildman–Crippen LogP) is 6.92. The number of rotatable bonds is 2. The average Bonchev–Trinajstić information content (AvgIpc) is 3.57. The molecule has 0 aliphatic heterocycles. The van der Waals surface area contributed by atoms with E-state index < -0.39 is 0 Å². The van der Waals surface area contributed by atoms with Crippen LogP contribution in [0.4, 0.5) is 0 Å². The van der Waals surface area contributed by atoms with Crippen molar-refractivity contribution in [2.24, 2.45) is 0 Å². The average molecular weight is 447 g/mol. The standard InChI is InChI=1S/C27H13NO4S/c29-24-18-9-14-5-1-2-6-15(14)10-19(18)25(30)20(24)12-17-13-21-26(31-17)28-27(32-21)23-11-16-7-3-4-8-22(16)33-23/h1-13H. The molecule has 6 aromatic rings. The van der Waals surface area contributed by atoms with Crippen molar-refractivity contribution < 1.29 is 18.4 Å². The zero-order chi connectivity index (χ0) is 22.1. The molecule has 0 spiro atoms. The Morgan fingerprint density at radius 1 is 0.758 bits per heavy atom. The minimum atomic E-state index is -0.298. The van der Waals surface area contributed by atoms with Gasteiger partial charge in [-0.25, -0.2) is 0 Å². The number of hydrogen-bond acceptors (Lipinski definition) is 6. The van der Waals surface area contributed by atoms with E-state index in [4.69, 9.17) is 8.83 Å². The maximum absolute atomic E-state index is 13.0. The largest absolute Gasteiger partial charge is 0.436 e. The van der Waals surface area contributed by atoms with Crippen LogP contribution in [0.25, 0.3) is 49.0 Å². The van der Waals surface area contributed by atoms with Crippen molar-refractivity contribution in [3.05, 3.63) is 95.3 Å². The number of carbonyl (C=O) groups is 2. The second-order valence-corrected chi connectivity index (χ2v) is 9.03. The molecule has 0 amide bonds. The first-order chi connectivity index (χ1) is 16.1. The fourth-order valence-electron chi connectivity index (χ4n) is 4.30. The molecule has 0 unspecified atom stereocenters. The Hall–Kier alpha value is -4.29. The van der Waals surface area contributed by atoms with Crippen molar-refractivity contribution in [2.75, 3.05) is 0 Å². The van der Waals surface area contributed by atoms with E-state index in [1.165, 1.54) is 6.08 Å². The van der Waals surface area contributed by atoms with E-state index in [-0.39, 0.29) is 17.1 Å². The summed E-state index contributed by atoms with van der Waals surface area (Å²) < 4.78 is 12.9. The maximum atomic E-state index is 13.0. The number of nitrogens with zero attached hydrogens (tertiary/aromatic N) is 1. The molecule has 6 heteroatoms. The first kappa shape index (κ1) is 18.3. The molecule has 156 valence electrons. The highest BCUT2D eigenvalue weighted by Gasteiger charge is 2.34. The van der Waals surface area contributed by atoms with Crippen LogP contribution in [0.3, 0.4) is 0 Å². The zero-order valence-corrected chi connectivity index (χ0v) is 17.8. The van der Waals surface area contributed by atoms with E-state index in [0.29, 0.717) is 34.1 Å². The van der Waals surface area contributed by atoms with Crippen LogP contribution in [-0.4, -0.2) is 16.6 Å². The number of benzene rings is 3. The van der Waals surface area contributed by atoms with Gasteiger partial charge >= 0.3 is 0 Å². The van der Waals surface area contributed by atoms with Gasteiger partial charge in [-0.3, -0.25) is 9.59 Å². The highest BCUT2D eigenvalue weighted by atomic mass is 32.1. The molecule has 7 rings (SSSR count). The van der Waals surface area contributed by atoms with E-state index in [2.05, 4.69) is 11.1 Å². The molecule has 0 radical (unpaired) electrons. The molecular formula is C27H13NO4S. The Kier molecular flexibility index (Phi) is 3.66. The number of oxazole rings is 1. The van der Waals surface area contributed by atoms with Gasteiger partial charge in [0.05, 0.1) is 10.5 Å². The summed E-state index contributed by atoms with van der Waals surface area (Å²) >= 11 is 1.59. The lowest BCUT2D eigenvalue weighted by Gasteiger charge is -2.00. The third kappa shape index (κ3) is 2.74. The summed E-state index contributed by atoms with van der Waals surface area (Å²) in [5.41, 5.74) is 1.73. The van der Waals surface area contributed by atoms with Crippen LogP contribution in [0.1, 0.15) is 26.5 Å². The predicted molar refractivity (Wildman–Crippen MR) is 128 cm³/mol. The third-order valence-corrected chi connectivity index (χ3v) is 7.00. The van der Waals surface area contributed by atoms with Gasteiger partial charge in [0.25, 0.3) is 5.71 Å². The molecule has 5 nitrogen and oxygen atoms in total. The molecule has 3 aromatic heterocycles. The molecule has 1 aliphatic rings. The number of aromatic nitrogens is 1. The minimum Gasteiger partial charge on any atom is -0.436 e. The fraction of sp³-hybridized carbons (Fsp3) is 0. The number of ketones is 2. The van der Waals surface area contributed by atoms with Crippen molar-refractivity contribution in [2.45, 2.75) is 0 Å². The summed E-state index contributed by atoms with van der Waals surface area (Å²) in [6.45, 7) is 0. The van der Waals surface area contributed by atoms with E-state index in [9.17, 15) is 9.59 Å². The van der Waals surface area contributed by atoms with E-state index in [1.807, 2.05) is 48.5 Å². The van der Waals surface area contributed by atoms with Gasteiger partial charge in [0.1, 0.15) is 5.76 Å². The lowest BCUT2D eigenvalue weighted by Crippen LogP contribution is -1.99. The van der Waals surface area contributed by atoms with Crippen molar-refractivity contribution >= 4 is 61.1 Å². The van der Waals surface area contributed by atoms with Gasteiger partial charge in [-0.2, -0.15) is 4.98 Å². The number of carbonyl (C=O) groups excluding carboxylic acids is 2. The fourth-order valence-corrected chi connectivity index (χ4v) is 5.29. The van der Waals surface area contributed by atoms with E-state index in [0.717, 1.165) is 25.7 Å². The van der Waals surface area contributed by atoms with Gasteiger partial charge in [0, 0.05) is 21.9 Å². The second kappa shape index (κ2) is 6.60. The second-order valence-electron chi connectivity index (χ2n) is 7.95. The molecule has 3 aromatic carbocycles. The normalized spacial score (nSPS) is 13.5. The maximum Gasteiger partial charge on any atom is 0.266 e. The van der Waals surface area contributed by atoms with Gasteiger partial charge in [-0.15, -0.1) is 11.3 Å². The number of hydrogen-bond donors (Lipinski definition) is 0. The van der Waals surface area contributed by atoms with Crippen LogP contribution in [-0.2, 0) is 0 Å². The molecular weight excluding hydrogens is 434 g/mol. The van der Waals surface area contributed by atoms with Gasteiger partial charge in [0.15, 0.2) is 17.1 Å². The number of thiophene rings is 1. The molecule has 1 aliphatic carbocycles. The van der Waals surface area contributed by atoms with Crippen molar-refractivity contribution in [3.63, 3.8) is 0 Å². The number of Topliss-reactive ketones (excluding diaryl/α,β-unsaturated/α-hetero) is 2. The number of furan rings is 1. The number of allylic oxidation sites excluding steroid dienone is 1. The summed E-state index contributed by atoms with van der Waals surface area (Å²) in [6, 6.07) is 23.0. The molecule has 0 N–H and O–H groups in total. The Morgan fingerprint density at radius 3 is 2.09 bits per heavy atom. The minimum absolute atomic E-state index is 0.0847. The first-order valence-corrected chi connectivity index (χ1v) is 11.2. The van der Waals surface area contributed by atoms with Crippen LogP contribution in [0.2, 0.25) is 0 Å². The summed E-state index contributed by atoms with van der Waals surface area (Å²) in [4.78, 5) is 31.3. The lowest BCUT2D eigenvalue weighted by molar-refractivity contribution is 0.0990.